The number of benzene rings is 2. The molecule has 0 aliphatic carbocycles. The SMILES string of the molecule is Cc1cccc(OCCNC(=O)c2ccc(Br)c(O)c2)c1. The first-order valence-corrected chi connectivity index (χ1v) is 7.32. The minimum absolute atomic E-state index is 0.0404. The third-order valence-electron chi connectivity index (χ3n) is 2.85. The van der Waals surface area contributed by atoms with Gasteiger partial charge < -0.3 is 15.2 Å². The van der Waals surface area contributed by atoms with Gasteiger partial charge in [-0.15, -0.1) is 0 Å². The number of amides is 1. The maximum Gasteiger partial charge on any atom is 0.251 e. The summed E-state index contributed by atoms with van der Waals surface area (Å²) in [7, 11) is 0. The molecule has 0 bridgehead atoms. The summed E-state index contributed by atoms with van der Waals surface area (Å²) in [6.07, 6.45) is 0. The van der Waals surface area contributed by atoms with Crippen LogP contribution in [0.25, 0.3) is 0 Å². The van der Waals surface area contributed by atoms with Crippen LogP contribution >= 0.6 is 15.9 Å². The summed E-state index contributed by atoms with van der Waals surface area (Å²) in [5.41, 5.74) is 1.54. The fraction of sp³-hybridized carbons (Fsp3) is 0.188. The normalized spacial score (nSPS) is 10.2. The predicted octanol–water partition coefficient (Wildman–Crippen LogP) is 3.27. The van der Waals surface area contributed by atoms with E-state index in [0.29, 0.717) is 23.2 Å². The third kappa shape index (κ3) is 4.49. The summed E-state index contributed by atoms with van der Waals surface area (Å²) in [6, 6.07) is 12.4. The summed E-state index contributed by atoms with van der Waals surface area (Å²) in [4.78, 5) is 11.9. The van der Waals surface area contributed by atoms with Crippen molar-refractivity contribution < 1.29 is 14.6 Å². The Morgan fingerprint density at radius 2 is 2.10 bits per heavy atom. The average Bonchev–Trinajstić information content (AvgIpc) is 2.46. The van der Waals surface area contributed by atoms with E-state index in [1.165, 1.54) is 6.07 Å². The van der Waals surface area contributed by atoms with Gasteiger partial charge in [-0.1, -0.05) is 12.1 Å². The van der Waals surface area contributed by atoms with Crippen molar-refractivity contribution in [3.05, 3.63) is 58.1 Å². The van der Waals surface area contributed by atoms with Crippen LogP contribution in [0, 0.1) is 6.92 Å². The van der Waals surface area contributed by atoms with Crippen molar-refractivity contribution in [2.45, 2.75) is 6.92 Å². The zero-order valence-electron chi connectivity index (χ0n) is 11.6. The van der Waals surface area contributed by atoms with Gasteiger partial charge in [-0.05, 0) is 58.7 Å². The zero-order valence-corrected chi connectivity index (χ0v) is 13.2. The number of hydrogen-bond donors (Lipinski definition) is 2. The highest BCUT2D eigenvalue weighted by molar-refractivity contribution is 9.10. The molecular formula is C16H16BrNO3. The molecule has 0 saturated heterocycles. The maximum atomic E-state index is 11.9. The largest absolute Gasteiger partial charge is 0.507 e. The van der Waals surface area contributed by atoms with Crippen molar-refractivity contribution in [1.82, 2.24) is 5.32 Å². The van der Waals surface area contributed by atoms with Crippen molar-refractivity contribution in [2.24, 2.45) is 0 Å². The van der Waals surface area contributed by atoms with Crippen molar-refractivity contribution in [1.29, 1.82) is 0 Å². The molecule has 0 spiro atoms. The number of aryl methyl sites for hydroxylation is 1. The number of rotatable bonds is 5. The van der Waals surface area contributed by atoms with Gasteiger partial charge in [0, 0.05) is 5.56 Å². The predicted molar refractivity (Wildman–Crippen MR) is 84.8 cm³/mol. The van der Waals surface area contributed by atoms with Crippen LogP contribution in [0.3, 0.4) is 0 Å². The smallest absolute Gasteiger partial charge is 0.251 e. The minimum atomic E-state index is -0.245. The van der Waals surface area contributed by atoms with E-state index in [4.69, 9.17) is 4.74 Å². The Morgan fingerprint density at radius 1 is 1.29 bits per heavy atom. The molecule has 21 heavy (non-hydrogen) atoms. The van der Waals surface area contributed by atoms with Gasteiger partial charge in [0.15, 0.2) is 0 Å². The number of carbonyl (C=O) groups is 1. The number of ether oxygens (including phenoxy) is 1. The Balaban J connectivity index is 1.80. The Bertz CT molecular complexity index is 643. The number of nitrogens with one attached hydrogen (secondary N) is 1. The van der Waals surface area contributed by atoms with Crippen LogP contribution in [-0.4, -0.2) is 24.2 Å². The van der Waals surface area contributed by atoms with Crippen LogP contribution in [0.5, 0.6) is 11.5 Å². The maximum absolute atomic E-state index is 11.9. The molecule has 2 rings (SSSR count). The third-order valence-corrected chi connectivity index (χ3v) is 3.52. The molecule has 5 heteroatoms. The topological polar surface area (TPSA) is 58.6 Å². The van der Waals surface area contributed by atoms with Gasteiger partial charge in [-0.25, -0.2) is 0 Å². The van der Waals surface area contributed by atoms with E-state index in [1.54, 1.807) is 12.1 Å². The monoisotopic (exact) mass is 349 g/mol. The summed E-state index contributed by atoms with van der Waals surface area (Å²) < 4.78 is 6.10. The summed E-state index contributed by atoms with van der Waals surface area (Å²) >= 11 is 3.17. The van der Waals surface area contributed by atoms with E-state index < -0.39 is 0 Å². The van der Waals surface area contributed by atoms with Gasteiger partial charge >= 0.3 is 0 Å². The van der Waals surface area contributed by atoms with Crippen LogP contribution in [0.4, 0.5) is 0 Å². The number of halogens is 1. The molecule has 1 amide bonds. The molecule has 0 unspecified atom stereocenters. The molecule has 2 aromatic carbocycles. The highest BCUT2D eigenvalue weighted by Crippen LogP contribution is 2.24. The second-order valence-corrected chi connectivity index (χ2v) is 5.44. The number of phenolic OH excluding ortho intramolecular Hbond substituents is 1. The van der Waals surface area contributed by atoms with Crippen molar-refractivity contribution in [3.63, 3.8) is 0 Å². The molecule has 0 atom stereocenters. The zero-order chi connectivity index (χ0) is 15.2. The van der Waals surface area contributed by atoms with E-state index >= 15 is 0 Å². The van der Waals surface area contributed by atoms with Gasteiger partial charge in [-0.3, -0.25) is 4.79 Å². The summed E-state index contributed by atoms with van der Waals surface area (Å²) in [6.45, 7) is 2.77. The molecule has 0 aliphatic rings. The van der Waals surface area contributed by atoms with Crippen LogP contribution < -0.4 is 10.1 Å². The molecule has 0 aromatic heterocycles. The lowest BCUT2D eigenvalue weighted by atomic mass is 10.2. The second kappa shape index (κ2) is 7.13. The van der Waals surface area contributed by atoms with Crippen LogP contribution in [-0.2, 0) is 0 Å². The van der Waals surface area contributed by atoms with E-state index in [2.05, 4.69) is 21.2 Å². The molecule has 0 aliphatic heterocycles. The molecule has 0 saturated carbocycles. The number of phenols is 1. The molecule has 4 nitrogen and oxygen atoms in total. The molecule has 2 aromatic rings. The van der Waals surface area contributed by atoms with Gasteiger partial charge in [0.05, 0.1) is 11.0 Å². The highest BCUT2D eigenvalue weighted by atomic mass is 79.9. The van der Waals surface area contributed by atoms with Gasteiger partial charge in [0.1, 0.15) is 18.1 Å². The lowest BCUT2D eigenvalue weighted by Crippen LogP contribution is -2.28. The lowest BCUT2D eigenvalue weighted by molar-refractivity contribution is 0.0946. The van der Waals surface area contributed by atoms with E-state index in [0.717, 1.165) is 11.3 Å². The summed E-state index contributed by atoms with van der Waals surface area (Å²) in [5.74, 6) is 0.579. The number of hydrogen-bond acceptors (Lipinski definition) is 3. The van der Waals surface area contributed by atoms with Crippen LogP contribution in [0.15, 0.2) is 46.9 Å². The van der Waals surface area contributed by atoms with Crippen molar-refractivity contribution in [3.8, 4) is 11.5 Å². The fourth-order valence-electron chi connectivity index (χ4n) is 1.79. The lowest BCUT2D eigenvalue weighted by Gasteiger charge is -2.08. The Kier molecular flexibility index (Phi) is 5.22. The van der Waals surface area contributed by atoms with E-state index in [9.17, 15) is 9.90 Å². The second-order valence-electron chi connectivity index (χ2n) is 4.59. The molecule has 0 fully saturated rings. The minimum Gasteiger partial charge on any atom is -0.507 e. The Labute approximate surface area is 131 Å². The highest BCUT2D eigenvalue weighted by Gasteiger charge is 2.07. The van der Waals surface area contributed by atoms with E-state index in [1.807, 2.05) is 31.2 Å². The number of aromatic hydroxyl groups is 1. The van der Waals surface area contributed by atoms with Gasteiger partial charge in [0.2, 0.25) is 0 Å². The fourth-order valence-corrected chi connectivity index (χ4v) is 2.04. The summed E-state index contributed by atoms with van der Waals surface area (Å²) in [5, 5.41) is 12.3. The standard InChI is InChI=1S/C16H16BrNO3/c1-11-3-2-4-13(9-11)21-8-7-18-16(20)12-5-6-14(17)15(19)10-12/h2-6,9-10,19H,7-8H2,1H3,(H,18,20). The Morgan fingerprint density at radius 3 is 2.81 bits per heavy atom. The molecule has 0 heterocycles. The van der Waals surface area contributed by atoms with Crippen molar-refractivity contribution >= 4 is 21.8 Å². The Hall–Kier alpha value is -2.01. The van der Waals surface area contributed by atoms with Gasteiger partial charge in [0.25, 0.3) is 5.91 Å². The molecule has 0 radical (unpaired) electrons. The average molecular weight is 350 g/mol. The first-order valence-electron chi connectivity index (χ1n) is 6.52. The molecular weight excluding hydrogens is 334 g/mol. The van der Waals surface area contributed by atoms with Gasteiger partial charge in [-0.2, -0.15) is 0 Å². The van der Waals surface area contributed by atoms with Crippen LogP contribution in [0.1, 0.15) is 15.9 Å². The first-order chi connectivity index (χ1) is 10.1. The van der Waals surface area contributed by atoms with Crippen molar-refractivity contribution in [2.75, 3.05) is 13.2 Å². The quantitative estimate of drug-likeness (QED) is 0.814. The number of carbonyl (C=O) groups excluding carboxylic acids is 1. The molecule has 110 valence electrons. The first kappa shape index (κ1) is 15.4. The molecule has 2 N–H and O–H groups in total. The van der Waals surface area contributed by atoms with Crippen LogP contribution in [0.2, 0.25) is 0 Å². The van der Waals surface area contributed by atoms with E-state index in [-0.39, 0.29) is 11.7 Å².